The fraction of sp³-hybridized carbons (Fsp3) is 0.320. The van der Waals surface area contributed by atoms with Gasteiger partial charge in [-0.15, -0.1) is 0 Å². The highest BCUT2D eigenvalue weighted by Gasteiger charge is 2.38. The van der Waals surface area contributed by atoms with Crippen molar-refractivity contribution in [2.75, 3.05) is 6.61 Å². The van der Waals surface area contributed by atoms with E-state index < -0.39 is 0 Å². The second-order valence-electron chi connectivity index (χ2n) is 8.12. The second kappa shape index (κ2) is 7.20. The van der Waals surface area contributed by atoms with Gasteiger partial charge in [0.1, 0.15) is 17.6 Å². The fourth-order valence-electron chi connectivity index (χ4n) is 4.55. The monoisotopic (exact) mass is 385 g/mol. The molecule has 0 radical (unpaired) electrons. The molecule has 1 fully saturated rings. The van der Waals surface area contributed by atoms with E-state index >= 15 is 0 Å². The van der Waals surface area contributed by atoms with Crippen molar-refractivity contribution in [2.24, 2.45) is 10.7 Å². The molecule has 5 rings (SSSR count). The van der Waals surface area contributed by atoms with E-state index in [1.165, 1.54) is 23.1 Å². The van der Waals surface area contributed by atoms with Crippen LogP contribution in [0, 0.1) is 0 Å². The highest BCUT2D eigenvalue weighted by Crippen LogP contribution is 2.45. The summed E-state index contributed by atoms with van der Waals surface area (Å²) < 4.78 is 5.70. The first-order valence-corrected chi connectivity index (χ1v) is 10.5. The number of hydrogen-bond acceptors (Lipinski definition) is 4. The molecule has 0 spiro atoms. The second-order valence-corrected chi connectivity index (χ2v) is 8.12. The molecule has 4 nitrogen and oxygen atoms in total. The average Bonchev–Trinajstić information content (AvgIpc) is 3.12. The van der Waals surface area contributed by atoms with Crippen LogP contribution in [0.15, 0.2) is 83.7 Å². The van der Waals surface area contributed by atoms with Crippen molar-refractivity contribution in [1.82, 2.24) is 4.90 Å². The molecule has 2 N–H and O–H groups in total. The first-order chi connectivity index (χ1) is 14.2. The van der Waals surface area contributed by atoms with E-state index in [0.29, 0.717) is 6.61 Å². The van der Waals surface area contributed by atoms with Crippen molar-refractivity contribution < 1.29 is 4.74 Å². The van der Waals surface area contributed by atoms with E-state index in [2.05, 4.69) is 65.7 Å². The molecular weight excluding hydrogens is 358 g/mol. The molecule has 2 atom stereocenters. The van der Waals surface area contributed by atoms with E-state index in [1.807, 2.05) is 19.1 Å². The minimum absolute atomic E-state index is 0.0263. The molecule has 0 saturated heterocycles. The number of fused-ring (bicyclic) bond motifs is 1. The first kappa shape index (κ1) is 18.2. The zero-order valence-corrected chi connectivity index (χ0v) is 16.8. The van der Waals surface area contributed by atoms with Crippen molar-refractivity contribution >= 4 is 5.84 Å². The molecule has 4 heteroatoms. The molecule has 29 heavy (non-hydrogen) atoms. The molecule has 0 aromatic heterocycles. The molecular formula is C25H27N3O. The van der Waals surface area contributed by atoms with E-state index in [1.54, 1.807) is 0 Å². The average molecular weight is 386 g/mol. The lowest BCUT2D eigenvalue weighted by Gasteiger charge is -2.38. The summed E-state index contributed by atoms with van der Waals surface area (Å²) in [4.78, 5) is 7.36. The van der Waals surface area contributed by atoms with Crippen LogP contribution in [0.5, 0.6) is 0 Å². The number of nitrogens with zero attached hydrogens (tertiary/aromatic N) is 2. The van der Waals surface area contributed by atoms with Crippen LogP contribution in [0.2, 0.25) is 0 Å². The highest BCUT2D eigenvalue weighted by molar-refractivity contribution is 5.97. The van der Waals surface area contributed by atoms with Crippen LogP contribution in [0.3, 0.4) is 0 Å². The molecule has 0 bridgehead atoms. The molecule has 0 amide bonds. The van der Waals surface area contributed by atoms with Gasteiger partial charge in [-0.3, -0.25) is 4.99 Å². The summed E-state index contributed by atoms with van der Waals surface area (Å²) in [7, 11) is 0. The number of benzene rings is 2. The van der Waals surface area contributed by atoms with Crippen LogP contribution in [-0.2, 0) is 10.3 Å². The van der Waals surface area contributed by atoms with Gasteiger partial charge >= 0.3 is 0 Å². The highest BCUT2D eigenvalue weighted by atomic mass is 16.5. The zero-order chi connectivity index (χ0) is 19.8. The number of nitrogens with two attached hydrogens (primary N) is 1. The molecule has 1 aliphatic carbocycles. The maximum atomic E-state index is 6.52. The molecule has 2 aliphatic heterocycles. The molecule has 2 heterocycles. The maximum absolute atomic E-state index is 6.52. The minimum Gasteiger partial charge on any atom is -0.494 e. The Morgan fingerprint density at radius 1 is 1.07 bits per heavy atom. The summed E-state index contributed by atoms with van der Waals surface area (Å²) in [5.74, 6) is 1.81. The van der Waals surface area contributed by atoms with Crippen LogP contribution in [0.4, 0.5) is 0 Å². The number of hydrogen-bond donors (Lipinski definition) is 1. The van der Waals surface area contributed by atoms with Gasteiger partial charge in [0.2, 0.25) is 0 Å². The Kier molecular flexibility index (Phi) is 4.51. The number of allylic oxidation sites excluding steroid dienone is 1. The largest absolute Gasteiger partial charge is 0.494 e. The molecule has 148 valence electrons. The van der Waals surface area contributed by atoms with Crippen molar-refractivity contribution in [1.29, 1.82) is 0 Å². The normalized spacial score (nSPS) is 24.4. The van der Waals surface area contributed by atoms with Gasteiger partial charge < -0.3 is 15.4 Å². The number of rotatable bonds is 5. The Hall–Kier alpha value is -2.85. The Balaban J connectivity index is 1.51. The topological polar surface area (TPSA) is 50.9 Å². The van der Waals surface area contributed by atoms with Gasteiger partial charge in [0.15, 0.2) is 0 Å². The minimum atomic E-state index is -0.131. The Labute approximate surface area is 172 Å². The van der Waals surface area contributed by atoms with Crippen molar-refractivity contribution in [3.8, 4) is 0 Å². The standard InChI is InChI=1S/C25H27N3O/c1-2-29-21-13-16-28-22(17-21)27-23(24(28)19-7-4-3-5-8-19)18-9-11-20(12-10-18)25(26)14-6-15-25/h3-5,7-13,16-17,23-24H,2,6,14-15,26H2,1H3. The third kappa shape index (κ3) is 3.18. The lowest BCUT2D eigenvalue weighted by molar-refractivity contribution is 0.240. The summed E-state index contributed by atoms with van der Waals surface area (Å²) in [6, 6.07) is 19.6. The lowest BCUT2D eigenvalue weighted by atomic mass is 9.72. The Bertz CT molecular complexity index is 971. The molecule has 2 aromatic carbocycles. The molecule has 2 unspecified atom stereocenters. The predicted octanol–water partition coefficient (Wildman–Crippen LogP) is 4.97. The van der Waals surface area contributed by atoms with E-state index in [4.69, 9.17) is 15.5 Å². The Morgan fingerprint density at radius 2 is 1.83 bits per heavy atom. The van der Waals surface area contributed by atoms with Crippen LogP contribution < -0.4 is 5.73 Å². The predicted molar refractivity (Wildman–Crippen MR) is 116 cm³/mol. The molecule has 3 aliphatic rings. The van der Waals surface area contributed by atoms with Crippen LogP contribution in [0.1, 0.15) is 55.0 Å². The SMILES string of the molecule is CCOC1=CC2=NC(c3ccc(C4(N)CCC4)cc3)C(c3ccccc3)N2C=C1. The maximum Gasteiger partial charge on any atom is 0.132 e. The van der Waals surface area contributed by atoms with Crippen molar-refractivity contribution in [3.63, 3.8) is 0 Å². The van der Waals surface area contributed by atoms with Gasteiger partial charge in [-0.25, -0.2) is 0 Å². The van der Waals surface area contributed by atoms with Gasteiger partial charge in [0.25, 0.3) is 0 Å². The lowest BCUT2D eigenvalue weighted by Crippen LogP contribution is -2.43. The molecule has 2 aromatic rings. The zero-order valence-electron chi connectivity index (χ0n) is 16.8. The molecule has 1 saturated carbocycles. The quantitative estimate of drug-likeness (QED) is 0.791. The van der Waals surface area contributed by atoms with Gasteiger partial charge in [-0.1, -0.05) is 54.6 Å². The number of ether oxygens (including phenoxy) is 1. The van der Waals surface area contributed by atoms with E-state index in [0.717, 1.165) is 24.4 Å². The van der Waals surface area contributed by atoms with Gasteiger partial charge in [0.05, 0.1) is 12.6 Å². The van der Waals surface area contributed by atoms with Gasteiger partial charge in [-0.2, -0.15) is 0 Å². The number of aliphatic imine (C=N–C) groups is 1. The van der Waals surface area contributed by atoms with Crippen LogP contribution in [0.25, 0.3) is 0 Å². The smallest absolute Gasteiger partial charge is 0.132 e. The summed E-state index contributed by atoms with van der Waals surface area (Å²) in [5, 5.41) is 0. The van der Waals surface area contributed by atoms with E-state index in [9.17, 15) is 0 Å². The fourth-order valence-corrected chi connectivity index (χ4v) is 4.55. The van der Waals surface area contributed by atoms with Crippen molar-refractivity contribution in [2.45, 2.75) is 43.8 Å². The first-order valence-electron chi connectivity index (χ1n) is 10.5. The summed E-state index contributed by atoms with van der Waals surface area (Å²) in [6.45, 7) is 2.65. The van der Waals surface area contributed by atoms with Crippen molar-refractivity contribution in [3.05, 3.63) is 95.4 Å². The summed E-state index contributed by atoms with van der Waals surface area (Å²) in [6.07, 6.45) is 9.54. The summed E-state index contributed by atoms with van der Waals surface area (Å²) in [5.41, 5.74) is 10.1. The van der Waals surface area contributed by atoms with Crippen LogP contribution >= 0.6 is 0 Å². The third-order valence-corrected chi connectivity index (χ3v) is 6.33. The Morgan fingerprint density at radius 3 is 2.48 bits per heavy atom. The van der Waals surface area contributed by atoms with Gasteiger partial charge in [0, 0.05) is 17.8 Å². The number of amidine groups is 1. The van der Waals surface area contributed by atoms with Gasteiger partial charge in [-0.05, 0) is 49.0 Å². The van der Waals surface area contributed by atoms with Crippen LogP contribution in [-0.4, -0.2) is 17.3 Å². The van der Waals surface area contributed by atoms with E-state index in [-0.39, 0.29) is 17.6 Å². The summed E-state index contributed by atoms with van der Waals surface area (Å²) >= 11 is 0. The third-order valence-electron chi connectivity index (χ3n) is 6.33.